The molecule has 398 valence electrons. The molecule has 2 aromatic carbocycles. The minimum absolute atomic E-state index is 0.0514. The summed E-state index contributed by atoms with van der Waals surface area (Å²) in [5, 5.41) is 18.3. The van der Waals surface area contributed by atoms with Gasteiger partial charge in [0.1, 0.15) is 11.9 Å². The van der Waals surface area contributed by atoms with Crippen molar-refractivity contribution in [3.8, 4) is 11.3 Å². The lowest BCUT2D eigenvalue weighted by Gasteiger charge is -2.34. The van der Waals surface area contributed by atoms with Crippen molar-refractivity contribution in [1.29, 1.82) is 0 Å². The van der Waals surface area contributed by atoms with Crippen LogP contribution in [-0.2, 0) is 38.1 Å². The molecule has 75 heavy (non-hydrogen) atoms. The number of imidazole rings is 1. The first-order chi connectivity index (χ1) is 36.6. The fraction of sp³-hybridized carbons (Fsp3) is 0.471. The monoisotopic (exact) mass is 1040 g/mol. The van der Waals surface area contributed by atoms with Gasteiger partial charge in [0.2, 0.25) is 17.7 Å². The van der Waals surface area contributed by atoms with E-state index in [9.17, 15) is 28.8 Å². The molecule has 3 fully saturated rings. The predicted octanol–water partition coefficient (Wildman–Crippen LogP) is 2.74. The Balaban J connectivity index is 0.555. The lowest BCUT2D eigenvalue weighted by atomic mass is 10.0. The number of piperazine rings is 1. The summed E-state index contributed by atoms with van der Waals surface area (Å²) in [6.45, 7) is 7.17. The molecule has 1 atom stereocenters. The van der Waals surface area contributed by atoms with E-state index in [2.05, 4.69) is 41.3 Å². The molecule has 5 aromatic rings. The third-order valence-corrected chi connectivity index (χ3v) is 13.2. The van der Waals surface area contributed by atoms with Crippen LogP contribution in [0.1, 0.15) is 74.8 Å². The molecule has 6 heterocycles. The van der Waals surface area contributed by atoms with Crippen LogP contribution in [0.2, 0.25) is 0 Å². The number of imide groups is 2. The molecular weight excluding hydrogens is 976 g/mol. The normalized spacial score (nSPS) is 16.9. The smallest absolute Gasteiger partial charge is 0.264 e. The van der Waals surface area contributed by atoms with Crippen LogP contribution in [0.4, 0.5) is 21.6 Å². The molecule has 0 radical (unpaired) electrons. The molecule has 23 nitrogen and oxygen atoms in total. The number of H-pyrrole nitrogens is 1. The molecule has 24 heteroatoms. The molecule has 3 aromatic heterocycles. The van der Waals surface area contributed by atoms with E-state index in [1.807, 2.05) is 10.6 Å². The summed E-state index contributed by atoms with van der Waals surface area (Å²) in [6.07, 6.45) is 9.68. The number of carbonyl (C=O) groups excluding carboxylic acids is 6. The number of nitrogens with zero attached hydrogens (tertiary/aromatic N) is 7. The quantitative estimate of drug-likeness (QED) is 0.0356. The number of hydrogen-bond acceptors (Lipinski definition) is 17. The van der Waals surface area contributed by atoms with Crippen LogP contribution in [0.25, 0.3) is 16.9 Å². The van der Waals surface area contributed by atoms with Crippen LogP contribution in [-0.4, -0.2) is 193 Å². The van der Waals surface area contributed by atoms with Crippen LogP contribution >= 0.6 is 0 Å². The highest BCUT2D eigenvalue weighted by Gasteiger charge is 2.45. The summed E-state index contributed by atoms with van der Waals surface area (Å²) in [6, 6.07) is 8.30. The van der Waals surface area contributed by atoms with E-state index in [-0.39, 0.29) is 60.1 Å². The summed E-state index contributed by atoms with van der Waals surface area (Å²) in [4.78, 5) is 90.2. The van der Waals surface area contributed by atoms with Crippen LogP contribution in [0.15, 0.2) is 61.2 Å². The first-order valence-electron chi connectivity index (χ1n) is 25.3. The average molecular weight is 1040 g/mol. The van der Waals surface area contributed by atoms with Gasteiger partial charge in [0, 0.05) is 93.8 Å². The SMILES string of the molecule is O=C(CCOCCOCCOCCOCCOCCNc1cccc2c1C(=O)N(C1CCC(=O)NC1=O)C2=O)NCCN1CCN(C(=O)c2ccc(Nc3nc(C4CC4)cn4c(-c5cn[nH]c5)cnc34)c(F)c2)CC1. The Kier molecular flexibility index (Phi) is 17.8. The van der Waals surface area contributed by atoms with Gasteiger partial charge in [0.05, 0.1) is 107 Å². The van der Waals surface area contributed by atoms with E-state index in [1.54, 1.807) is 53.8 Å². The van der Waals surface area contributed by atoms with Crippen LogP contribution in [0, 0.1) is 5.82 Å². The van der Waals surface area contributed by atoms with Gasteiger partial charge in [-0.15, -0.1) is 0 Å². The standard InChI is InChI=1S/C51H61FN12O11/c52-37-28-34(6-7-38(37)58-46-47-55-31-42(35-29-56-57-30-35)63(47)32-40(59-46)33-4-5-33)49(68)62-16-14-61(15-17-62)13-11-54-43(65)10-18-71-20-22-73-24-26-75-27-25-74-23-21-72-19-12-53-39-3-1-2-36-45(39)51(70)64(50(36)69)41-8-9-44(66)60-48(41)67/h1-3,6-7,28-33,41,53H,4-5,8-27H2,(H,54,65)(H,56,57)(H,58,59)(H,60,66,67). The number of amides is 6. The largest absolute Gasteiger partial charge is 0.382 e. The van der Waals surface area contributed by atoms with Gasteiger partial charge in [0.15, 0.2) is 11.5 Å². The first-order valence-corrected chi connectivity index (χ1v) is 25.3. The topological polar surface area (TPSA) is 265 Å². The number of carbonyl (C=O) groups is 6. The van der Waals surface area contributed by atoms with Crippen molar-refractivity contribution in [2.75, 3.05) is 123 Å². The molecule has 1 aliphatic carbocycles. The van der Waals surface area contributed by atoms with Gasteiger partial charge in [-0.25, -0.2) is 14.4 Å². The number of anilines is 3. The van der Waals surface area contributed by atoms with Crippen molar-refractivity contribution in [3.63, 3.8) is 0 Å². The molecular formula is C51H61FN12O11. The van der Waals surface area contributed by atoms with Crippen molar-refractivity contribution in [1.82, 2.24) is 49.9 Å². The lowest BCUT2D eigenvalue weighted by Crippen LogP contribution is -2.54. The van der Waals surface area contributed by atoms with Gasteiger partial charge >= 0.3 is 0 Å². The van der Waals surface area contributed by atoms with Crippen molar-refractivity contribution in [2.24, 2.45) is 0 Å². The Morgan fingerprint density at radius 3 is 2.19 bits per heavy atom. The fourth-order valence-corrected chi connectivity index (χ4v) is 9.01. The average Bonchev–Trinajstić information content (AvgIpc) is 3.85. The molecule has 0 spiro atoms. The first kappa shape index (κ1) is 52.6. The summed E-state index contributed by atoms with van der Waals surface area (Å²) in [5.41, 5.74) is 4.48. The third kappa shape index (κ3) is 13.4. The fourth-order valence-electron chi connectivity index (χ4n) is 9.01. The van der Waals surface area contributed by atoms with Gasteiger partial charge < -0.3 is 44.5 Å². The van der Waals surface area contributed by atoms with E-state index < -0.39 is 35.5 Å². The zero-order chi connectivity index (χ0) is 52.1. The van der Waals surface area contributed by atoms with E-state index >= 15 is 4.39 Å². The second-order valence-electron chi connectivity index (χ2n) is 18.3. The maximum atomic E-state index is 15.6. The molecule has 1 unspecified atom stereocenters. The number of rotatable bonds is 28. The second-order valence-corrected chi connectivity index (χ2v) is 18.3. The second kappa shape index (κ2) is 25.3. The number of halogens is 1. The van der Waals surface area contributed by atoms with Gasteiger partial charge in [0.25, 0.3) is 17.7 Å². The minimum Gasteiger partial charge on any atom is -0.382 e. The molecule has 5 N–H and O–H groups in total. The van der Waals surface area contributed by atoms with Crippen LogP contribution < -0.4 is 21.3 Å². The predicted molar refractivity (Wildman–Crippen MR) is 268 cm³/mol. The molecule has 4 aliphatic rings. The highest BCUT2D eigenvalue weighted by molar-refractivity contribution is 6.25. The van der Waals surface area contributed by atoms with Gasteiger partial charge in [-0.3, -0.25) is 53.4 Å². The Morgan fingerprint density at radius 2 is 1.51 bits per heavy atom. The summed E-state index contributed by atoms with van der Waals surface area (Å²) in [7, 11) is 0. The number of ether oxygens (including phenoxy) is 5. The maximum absolute atomic E-state index is 15.6. The van der Waals surface area contributed by atoms with Gasteiger partial charge in [-0.05, 0) is 49.6 Å². The number of aromatic amines is 1. The minimum atomic E-state index is -1.03. The molecule has 6 amide bonds. The van der Waals surface area contributed by atoms with E-state index in [4.69, 9.17) is 28.7 Å². The number of nitrogens with one attached hydrogen (secondary N) is 5. The number of piperidine rings is 1. The molecule has 1 saturated carbocycles. The lowest BCUT2D eigenvalue weighted by molar-refractivity contribution is -0.136. The van der Waals surface area contributed by atoms with Gasteiger partial charge in [-0.2, -0.15) is 5.10 Å². The van der Waals surface area contributed by atoms with E-state index in [0.29, 0.717) is 128 Å². The van der Waals surface area contributed by atoms with Crippen molar-refractivity contribution in [2.45, 2.75) is 44.1 Å². The number of aromatic nitrogens is 5. The zero-order valence-corrected chi connectivity index (χ0v) is 41.5. The molecule has 0 bridgehead atoms. The molecule has 9 rings (SSSR count). The number of hydrogen-bond donors (Lipinski definition) is 5. The van der Waals surface area contributed by atoms with Crippen LogP contribution in [0.3, 0.4) is 0 Å². The number of benzene rings is 2. The zero-order valence-electron chi connectivity index (χ0n) is 41.5. The van der Waals surface area contributed by atoms with Crippen LogP contribution in [0.5, 0.6) is 0 Å². The molecule has 3 aliphatic heterocycles. The highest BCUT2D eigenvalue weighted by Crippen LogP contribution is 2.41. The Hall–Kier alpha value is -7.22. The van der Waals surface area contributed by atoms with Crippen molar-refractivity contribution in [3.05, 3.63) is 89.4 Å². The van der Waals surface area contributed by atoms with Crippen molar-refractivity contribution >= 4 is 58.3 Å². The summed E-state index contributed by atoms with van der Waals surface area (Å²) >= 11 is 0. The third-order valence-electron chi connectivity index (χ3n) is 13.2. The summed E-state index contributed by atoms with van der Waals surface area (Å²) in [5.74, 6) is -2.37. The Morgan fingerprint density at radius 1 is 0.787 bits per heavy atom. The maximum Gasteiger partial charge on any atom is 0.264 e. The Labute approximate surface area is 431 Å². The van der Waals surface area contributed by atoms with E-state index in [1.165, 1.54) is 6.07 Å². The Bertz CT molecular complexity index is 2830. The summed E-state index contributed by atoms with van der Waals surface area (Å²) < 4.78 is 45.3. The van der Waals surface area contributed by atoms with Crippen molar-refractivity contribution < 1.29 is 56.8 Å². The van der Waals surface area contributed by atoms with Gasteiger partial charge in [-0.1, -0.05) is 6.07 Å². The van der Waals surface area contributed by atoms with E-state index in [0.717, 1.165) is 34.7 Å². The molecule has 2 saturated heterocycles. The number of fused-ring (bicyclic) bond motifs is 2. The highest BCUT2D eigenvalue weighted by atomic mass is 19.1.